The molecule has 0 saturated carbocycles. The lowest BCUT2D eigenvalue weighted by Crippen LogP contribution is -2.33. The molecule has 5 nitrogen and oxygen atoms in total. The van der Waals surface area contributed by atoms with E-state index >= 15 is 0 Å². The fourth-order valence-corrected chi connectivity index (χ4v) is 2.90. The zero-order valence-corrected chi connectivity index (χ0v) is 14.4. The molecule has 0 radical (unpaired) electrons. The summed E-state index contributed by atoms with van der Waals surface area (Å²) in [6.07, 6.45) is -0.986. The Kier molecular flexibility index (Phi) is 5.43. The number of hydrogen-bond donors (Lipinski definition) is 1. The number of pyridine rings is 1. The molecule has 1 fully saturated rings. The van der Waals surface area contributed by atoms with Crippen molar-refractivity contribution in [1.82, 2.24) is 15.2 Å². The fourth-order valence-electron chi connectivity index (χ4n) is 2.90. The van der Waals surface area contributed by atoms with Crippen molar-refractivity contribution in [3.8, 4) is 11.3 Å². The largest absolute Gasteiger partial charge is 0.405 e. The summed E-state index contributed by atoms with van der Waals surface area (Å²) >= 11 is 0. The molecular formula is C19H18F3N3O2. The molecule has 1 aliphatic rings. The van der Waals surface area contributed by atoms with Crippen LogP contribution in [0.4, 0.5) is 13.2 Å². The quantitative estimate of drug-likeness (QED) is 0.890. The minimum absolute atomic E-state index is 0.0631. The Morgan fingerprint density at radius 1 is 1.07 bits per heavy atom. The monoisotopic (exact) mass is 377 g/mol. The Labute approximate surface area is 154 Å². The molecule has 8 heteroatoms. The van der Waals surface area contributed by atoms with Gasteiger partial charge in [0.2, 0.25) is 0 Å². The van der Waals surface area contributed by atoms with Gasteiger partial charge in [-0.3, -0.25) is 14.6 Å². The maximum atomic E-state index is 12.3. The summed E-state index contributed by atoms with van der Waals surface area (Å²) in [5.41, 5.74) is 1.70. The van der Waals surface area contributed by atoms with Crippen LogP contribution in [0.15, 0.2) is 42.6 Å². The van der Waals surface area contributed by atoms with Crippen LogP contribution in [0.1, 0.15) is 33.6 Å². The molecule has 0 aliphatic carbocycles. The van der Waals surface area contributed by atoms with Gasteiger partial charge in [-0.05, 0) is 37.1 Å². The van der Waals surface area contributed by atoms with E-state index < -0.39 is 18.6 Å². The van der Waals surface area contributed by atoms with E-state index in [1.165, 1.54) is 18.3 Å². The van der Waals surface area contributed by atoms with Crippen molar-refractivity contribution in [2.75, 3.05) is 19.6 Å². The Bertz CT molecular complexity index is 829. The first-order chi connectivity index (χ1) is 12.8. The Morgan fingerprint density at radius 2 is 1.81 bits per heavy atom. The molecule has 0 spiro atoms. The van der Waals surface area contributed by atoms with Gasteiger partial charge in [0, 0.05) is 30.4 Å². The minimum Gasteiger partial charge on any atom is -0.343 e. The number of hydrogen-bond acceptors (Lipinski definition) is 3. The summed E-state index contributed by atoms with van der Waals surface area (Å²) in [5, 5.41) is 1.84. The van der Waals surface area contributed by atoms with Crippen molar-refractivity contribution in [1.29, 1.82) is 0 Å². The summed E-state index contributed by atoms with van der Waals surface area (Å²) in [6.45, 7) is 0.104. The lowest BCUT2D eigenvalue weighted by atomic mass is 10.1. The third kappa shape index (κ3) is 4.84. The first kappa shape index (κ1) is 18.9. The highest BCUT2D eigenvalue weighted by atomic mass is 19.4. The summed E-state index contributed by atoms with van der Waals surface area (Å²) in [7, 11) is 0. The van der Waals surface area contributed by atoms with Gasteiger partial charge >= 0.3 is 6.18 Å². The number of likely N-dealkylation sites (tertiary alicyclic amines) is 1. The molecule has 2 aromatic rings. The predicted octanol–water partition coefficient (Wildman–Crippen LogP) is 3.28. The average molecular weight is 377 g/mol. The van der Waals surface area contributed by atoms with E-state index in [9.17, 15) is 22.8 Å². The van der Waals surface area contributed by atoms with Crippen LogP contribution >= 0.6 is 0 Å². The van der Waals surface area contributed by atoms with Gasteiger partial charge < -0.3 is 10.2 Å². The van der Waals surface area contributed by atoms with Crippen molar-refractivity contribution in [3.63, 3.8) is 0 Å². The smallest absolute Gasteiger partial charge is 0.343 e. The molecule has 1 N–H and O–H groups in total. The van der Waals surface area contributed by atoms with Crippen LogP contribution in [-0.4, -0.2) is 47.5 Å². The van der Waals surface area contributed by atoms with Gasteiger partial charge in [0.05, 0.1) is 11.3 Å². The third-order valence-electron chi connectivity index (χ3n) is 4.27. The van der Waals surface area contributed by atoms with Gasteiger partial charge in [0.1, 0.15) is 6.54 Å². The highest BCUT2D eigenvalue weighted by molar-refractivity contribution is 5.96. The molecule has 1 aliphatic heterocycles. The standard InChI is InChI=1S/C19H18F3N3O2/c20-19(21,22)12-24-17(26)14-5-3-4-13(10-14)16-7-6-15(11-23-16)18(27)25-8-1-2-9-25/h3-7,10-11H,1-2,8-9,12H2,(H,24,26). The highest BCUT2D eigenvalue weighted by Gasteiger charge is 2.28. The predicted molar refractivity (Wildman–Crippen MR) is 93.2 cm³/mol. The van der Waals surface area contributed by atoms with Gasteiger partial charge in [0.15, 0.2) is 0 Å². The fraction of sp³-hybridized carbons (Fsp3) is 0.316. The zero-order chi connectivity index (χ0) is 19.4. The van der Waals surface area contributed by atoms with E-state index in [2.05, 4.69) is 4.98 Å². The number of nitrogens with zero attached hydrogens (tertiary/aromatic N) is 2. The number of nitrogens with one attached hydrogen (secondary N) is 1. The summed E-state index contributed by atoms with van der Waals surface area (Å²) in [5.74, 6) is -0.873. The van der Waals surface area contributed by atoms with Crippen molar-refractivity contribution in [3.05, 3.63) is 53.7 Å². The Hall–Kier alpha value is -2.90. The number of carbonyl (C=O) groups excluding carboxylic acids is 2. The first-order valence-corrected chi connectivity index (χ1v) is 8.54. The van der Waals surface area contributed by atoms with Crippen LogP contribution < -0.4 is 5.32 Å². The van der Waals surface area contributed by atoms with E-state index in [0.29, 0.717) is 16.8 Å². The van der Waals surface area contributed by atoms with E-state index in [1.807, 2.05) is 5.32 Å². The summed E-state index contributed by atoms with van der Waals surface area (Å²) in [6, 6.07) is 9.50. The molecule has 1 saturated heterocycles. The van der Waals surface area contributed by atoms with Crippen LogP contribution in [0.2, 0.25) is 0 Å². The molecule has 27 heavy (non-hydrogen) atoms. The molecule has 3 rings (SSSR count). The number of amides is 2. The van der Waals surface area contributed by atoms with E-state index in [4.69, 9.17) is 0 Å². The van der Waals surface area contributed by atoms with Crippen LogP contribution in [0, 0.1) is 0 Å². The van der Waals surface area contributed by atoms with E-state index in [0.717, 1.165) is 25.9 Å². The van der Waals surface area contributed by atoms with Crippen molar-refractivity contribution in [2.24, 2.45) is 0 Å². The molecule has 0 unspecified atom stereocenters. The van der Waals surface area contributed by atoms with Crippen molar-refractivity contribution >= 4 is 11.8 Å². The second-order valence-corrected chi connectivity index (χ2v) is 6.31. The molecular weight excluding hydrogens is 359 g/mol. The van der Waals surface area contributed by atoms with E-state index in [-0.39, 0.29) is 11.5 Å². The SMILES string of the molecule is O=C(NCC(F)(F)F)c1cccc(-c2ccc(C(=O)N3CCCC3)cn2)c1. The van der Waals surface area contributed by atoms with Crippen LogP contribution in [0.3, 0.4) is 0 Å². The first-order valence-electron chi connectivity index (χ1n) is 8.54. The third-order valence-corrected chi connectivity index (χ3v) is 4.27. The molecule has 142 valence electrons. The summed E-state index contributed by atoms with van der Waals surface area (Å²) in [4.78, 5) is 30.3. The van der Waals surface area contributed by atoms with Gasteiger partial charge in [-0.15, -0.1) is 0 Å². The van der Waals surface area contributed by atoms with Gasteiger partial charge in [0.25, 0.3) is 11.8 Å². The van der Waals surface area contributed by atoms with Gasteiger partial charge in [-0.25, -0.2) is 0 Å². The molecule has 2 heterocycles. The van der Waals surface area contributed by atoms with Gasteiger partial charge in [-0.2, -0.15) is 13.2 Å². The topological polar surface area (TPSA) is 62.3 Å². The number of carbonyl (C=O) groups is 2. The molecule has 1 aromatic heterocycles. The second-order valence-electron chi connectivity index (χ2n) is 6.31. The highest BCUT2D eigenvalue weighted by Crippen LogP contribution is 2.20. The zero-order valence-electron chi connectivity index (χ0n) is 14.4. The van der Waals surface area contributed by atoms with Crippen molar-refractivity contribution < 1.29 is 22.8 Å². The number of aromatic nitrogens is 1. The maximum absolute atomic E-state index is 12.3. The number of benzene rings is 1. The normalized spacial score (nSPS) is 14.3. The number of halogens is 3. The second kappa shape index (κ2) is 7.77. The molecule has 2 amide bonds. The maximum Gasteiger partial charge on any atom is 0.405 e. The van der Waals surface area contributed by atoms with E-state index in [1.54, 1.807) is 29.2 Å². The molecule has 1 aromatic carbocycles. The van der Waals surface area contributed by atoms with Crippen LogP contribution in [0.5, 0.6) is 0 Å². The lowest BCUT2D eigenvalue weighted by Gasteiger charge is -2.15. The van der Waals surface area contributed by atoms with Crippen LogP contribution in [0.25, 0.3) is 11.3 Å². The average Bonchev–Trinajstić information content (AvgIpc) is 3.20. The lowest BCUT2D eigenvalue weighted by molar-refractivity contribution is -0.123. The minimum atomic E-state index is -4.47. The van der Waals surface area contributed by atoms with Crippen LogP contribution in [-0.2, 0) is 0 Å². The Morgan fingerprint density at radius 3 is 2.44 bits per heavy atom. The van der Waals surface area contributed by atoms with Crippen molar-refractivity contribution in [2.45, 2.75) is 19.0 Å². The summed E-state index contributed by atoms with van der Waals surface area (Å²) < 4.78 is 36.7. The van der Waals surface area contributed by atoms with Gasteiger partial charge in [-0.1, -0.05) is 12.1 Å². The Balaban J connectivity index is 1.73. The number of alkyl halides is 3. The molecule has 0 bridgehead atoms. The molecule has 0 atom stereocenters. The number of rotatable bonds is 4.